The Morgan fingerprint density at radius 3 is 3.00 bits per heavy atom. The Bertz CT molecular complexity index is 490. The van der Waals surface area contributed by atoms with Crippen molar-refractivity contribution in [3.8, 4) is 0 Å². The number of hydrogen-bond acceptors (Lipinski definition) is 2. The van der Waals surface area contributed by atoms with E-state index in [0.717, 1.165) is 12.4 Å². The van der Waals surface area contributed by atoms with E-state index in [-0.39, 0.29) is 5.82 Å². The Hall–Kier alpha value is -1.36. The molecule has 0 radical (unpaired) electrons. The van der Waals surface area contributed by atoms with E-state index in [0.29, 0.717) is 16.7 Å². The van der Waals surface area contributed by atoms with Crippen molar-refractivity contribution in [1.82, 2.24) is 9.55 Å². The summed E-state index contributed by atoms with van der Waals surface area (Å²) >= 11 is 3.32. The van der Waals surface area contributed by atoms with Crippen LogP contribution >= 0.6 is 15.9 Å². The maximum atomic E-state index is 13.5. The molecule has 0 aliphatic heterocycles. The number of nitrogens with one attached hydrogen (secondary N) is 1. The molecule has 2 aromatic rings. The number of anilines is 1. The Morgan fingerprint density at radius 2 is 2.29 bits per heavy atom. The monoisotopic (exact) mass is 297 g/mol. The summed E-state index contributed by atoms with van der Waals surface area (Å²) in [6.45, 7) is 3.40. The number of hydrogen-bond donors (Lipinski definition) is 1. The zero-order valence-electron chi connectivity index (χ0n) is 9.45. The van der Waals surface area contributed by atoms with Crippen molar-refractivity contribution < 1.29 is 4.39 Å². The van der Waals surface area contributed by atoms with E-state index in [2.05, 4.69) is 26.2 Å². The second-order valence-electron chi connectivity index (χ2n) is 3.58. The number of aryl methyl sites for hydroxylation is 1. The lowest BCUT2D eigenvalue weighted by Crippen LogP contribution is -2.08. The molecule has 0 aliphatic rings. The Morgan fingerprint density at radius 1 is 1.47 bits per heavy atom. The van der Waals surface area contributed by atoms with Gasteiger partial charge in [0.15, 0.2) is 0 Å². The Labute approximate surface area is 108 Å². The van der Waals surface area contributed by atoms with Crippen LogP contribution in [-0.4, -0.2) is 9.55 Å². The van der Waals surface area contributed by atoms with Gasteiger partial charge in [0.1, 0.15) is 11.6 Å². The fourth-order valence-electron chi connectivity index (χ4n) is 1.63. The molecular weight excluding hydrogens is 285 g/mol. The van der Waals surface area contributed by atoms with Crippen LogP contribution in [0.1, 0.15) is 12.7 Å². The quantitative estimate of drug-likeness (QED) is 0.937. The molecular formula is C12H13BrFN3. The molecule has 0 saturated heterocycles. The number of nitrogens with zero attached hydrogens (tertiary/aromatic N) is 2. The van der Waals surface area contributed by atoms with Gasteiger partial charge in [0.05, 0.1) is 12.2 Å². The fraction of sp³-hybridized carbons (Fsp3) is 0.250. The first-order valence-corrected chi connectivity index (χ1v) is 6.19. The molecule has 3 nitrogen and oxygen atoms in total. The first kappa shape index (κ1) is 12.1. The minimum Gasteiger partial charge on any atom is -0.375 e. The maximum Gasteiger partial charge on any atom is 0.147 e. The third-order valence-electron chi connectivity index (χ3n) is 2.53. The van der Waals surface area contributed by atoms with E-state index in [4.69, 9.17) is 0 Å². The van der Waals surface area contributed by atoms with Gasteiger partial charge in [-0.15, -0.1) is 0 Å². The SMILES string of the molecule is CCn1ccnc1CNc1c(F)cccc1Br. The molecule has 0 aliphatic carbocycles. The highest BCUT2D eigenvalue weighted by atomic mass is 79.9. The topological polar surface area (TPSA) is 29.9 Å². The van der Waals surface area contributed by atoms with Crippen LogP contribution in [-0.2, 0) is 13.1 Å². The van der Waals surface area contributed by atoms with Gasteiger partial charge in [-0.25, -0.2) is 9.37 Å². The van der Waals surface area contributed by atoms with E-state index in [1.54, 1.807) is 18.3 Å². The zero-order valence-corrected chi connectivity index (χ0v) is 11.0. The average molecular weight is 298 g/mol. The molecule has 17 heavy (non-hydrogen) atoms. The number of rotatable bonds is 4. The Kier molecular flexibility index (Phi) is 3.78. The van der Waals surface area contributed by atoms with Crippen LogP contribution in [0.15, 0.2) is 35.1 Å². The number of benzene rings is 1. The van der Waals surface area contributed by atoms with Gasteiger partial charge in [0.2, 0.25) is 0 Å². The smallest absolute Gasteiger partial charge is 0.147 e. The second-order valence-corrected chi connectivity index (χ2v) is 4.43. The normalized spacial score (nSPS) is 10.5. The zero-order chi connectivity index (χ0) is 12.3. The summed E-state index contributed by atoms with van der Waals surface area (Å²) in [6, 6.07) is 4.90. The van der Waals surface area contributed by atoms with Crippen LogP contribution in [0.2, 0.25) is 0 Å². The first-order valence-electron chi connectivity index (χ1n) is 5.40. The van der Waals surface area contributed by atoms with E-state index < -0.39 is 0 Å². The maximum absolute atomic E-state index is 13.5. The van der Waals surface area contributed by atoms with E-state index in [1.807, 2.05) is 17.7 Å². The summed E-state index contributed by atoms with van der Waals surface area (Å²) in [5.41, 5.74) is 0.471. The molecule has 0 saturated carbocycles. The van der Waals surface area contributed by atoms with Crippen molar-refractivity contribution in [2.45, 2.75) is 20.0 Å². The van der Waals surface area contributed by atoms with Gasteiger partial charge in [-0.3, -0.25) is 0 Å². The largest absolute Gasteiger partial charge is 0.375 e. The number of aromatic nitrogens is 2. The molecule has 1 heterocycles. The van der Waals surface area contributed by atoms with Gasteiger partial charge >= 0.3 is 0 Å². The Balaban J connectivity index is 2.13. The number of halogens is 2. The summed E-state index contributed by atoms with van der Waals surface area (Å²) in [5, 5.41) is 3.05. The highest BCUT2D eigenvalue weighted by molar-refractivity contribution is 9.10. The lowest BCUT2D eigenvalue weighted by Gasteiger charge is -2.10. The van der Waals surface area contributed by atoms with Gasteiger partial charge in [0.25, 0.3) is 0 Å². The second kappa shape index (κ2) is 5.31. The highest BCUT2D eigenvalue weighted by Gasteiger charge is 2.07. The van der Waals surface area contributed by atoms with Crippen LogP contribution in [0, 0.1) is 5.82 Å². The summed E-state index contributed by atoms with van der Waals surface area (Å²) < 4.78 is 16.3. The van der Waals surface area contributed by atoms with Gasteiger partial charge < -0.3 is 9.88 Å². The van der Waals surface area contributed by atoms with Crippen LogP contribution in [0.5, 0.6) is 0 Å². The molecule has 0 spiro atoms. The van der Waals surface area contributed by atoms with Crippen LogP contribution in [0.25, 0.3) is 0 Å². The van der Waals surface area contributed by atoms with Crippen molar-refractivity contribution in [3.63, 3.8) is 0 Å². The molecule has 2 rings (SSSR count). The van der Waals surface area contributed by atoms with Gasteiger partial charge in [-0.05, 0) is 35.0 Å². The van der Waals surface area contributed by atoms with Crippen molar-refractivity contribution in [3.05, 3.63) is 46.7 Å². The molecule has 0 atom stereocenters. The highest BCUT2D eigenvalue weighted by Crippen LogP contribution is 2.25. The predicted octanol–water partition coefficient (Wildman–Crippen LogP) is 3.42. The standard InChI is InChI=1S/C12H13BrFN3/c1-2-17-7-6-15-11(17)8-16-12-9(13)4-3-5-10(12)14/h3-7,16H,2,8H2,1H3. The predicted molar refractivity (Wildman–Crippen MR) is 69.3 cm³/mol. The van der Waals surface area contributed by atoms with E-state index in [9.17, 15) is 4.39 Å². The minimum atomic E-state index is -0.269. The fourth-order valence-corrected chi connectivity index (χ4v) is 2.11. The lowest BCUT2D eigenvalue weighted by atomic mass is 10.3. The van der Waals surface area contributed by atoms with Crippen LogP contribution in [0.4, 0.5) is 10.1 Å². The lowest BCUT2D eigenvalue weighted by molar-refractivity contribution is 0.627. The molecule has 0 unspecified atom stereocenters. The van der Waals surface area contributed by atoms with E-state index in [1.165, 1.54) is 6.07 Å². The minimum absolute atomic E-state index is 0.269. The van der Waals surface area contributed by atoms with Crippen molar-refractivity contribution >= 4 is 21.6 Å². The van der Waals surface area contributed by atoms with Gasteiger partial charge in [-0.2, -0.15) is 0 Å². The molecule has 1 aromatic heterocycles. The van der Waals surface area contributed by atoms with Crippen LogP contribution < -0.4 is 5.32 Å². The van der Waals surface area contributed by atoms with Gasteiger partial charge in [-0.1, -0.05) is 6.07 Å². The third-order valence-corrected chi connectivity index (χ3v) is 3.19. The summed E-state index contributed by atoms with van der Waals surface area (Å²) in [7, 11) is 0. The number of para-hydroxylation sites is 1. The number of imidazole rings is 1. The molecule has 0 amide bonds. The summed E-state index contributed by atoms with van der Waals surface area (Å²) in [6.07, 6.45) is 3.66. The molecule has 1 aromatic carbocycles. The van der Waals surface area contributed by atoms with E-state index >= 15 is 0 Å². The average Bonchev–Trinajstić information content (AvgIpc) is 2.76. The van der Waals surface area contributed by atoms with Crippen molar-refractivity contribution in [1.29, 1.82) is 0 Å². The van der Waals surface area contributed by atoms with Crippen LogP contribution in [0.3, 0.4) is 0 Å². The molecule has 0 bridgehead atoms. The summed E-state index contributed by atoms with van der Waals surface area (Å²) in [4.78, 5) is 4.22. The molecule has 90 valence electrons. The first-order chi connectivity index (χ1) is 8.22. The molecule has 0 fully saturated rings. The molecule has 1 N–H and O–H groups in total. The van der Waals surface area contributed by atoms with Crippen molar-refractivity contribution in [2.75, 3.05) is 5.32 Å². The van der Waals surface area contributed by atoms with Gasteiger partial charge in [0, 0.05) is 23.4 Å². The summed E-state index contributed by atoms with van der Waals surface area (Å²) in [5.74, 6) is 0.622. The molecule has 5 heteroatoms. The van der Waals surface area contributed by atoms with Crippen molar-refractivity contribution in [2.24, 2.45) is 0 Å². The third kappa shape index (κ3) is 2.66.